The number of H-pyrrole nitrogens is 1. The van der Waals surface area contributed by atoms with E-state index in [2.05, 4.69) is 15.5 Å². The first-order valence-corrected chi connectivity index (χ1v) is 5.92. The normalized spacial score (nSPS) is 19.3. The minimum Gasteiger partial charge on any atom is -0.307 e. The van der Waals surface area contributed by atoms with Gasteiger partial charge in [0.05, 0.1) is 11.7 Å². The van der Waals surface area contributed by atoms with Crippen LogP contribution >= 0.6 is 0 Å². The van der Waals surface area contributed by atoms with E-state index < -0.39 is 0 Å². The third-order valence-electron chi connectivity index (χ3n) is 3.16. The number of nitrogens with zero attached hydrogens (tertiary/aromatic N) is 2. The molecule has 1 aliphatic rings. The van der Waals surface area contributed by atoms with Crippen molar-refractivity contribution in [3.05, 3.63) is 46.4 Å². The summed E-state index contributed by atoms with van der Waals surface area (Å²) in [5, 5.41) is 9.81. The zero-order valence-corrected chi connectivity index (χ0v) is 9.69. The Morgan fingerprint density at radius 1 is 1.33 bits per heavy atom. The highest BCUT2D eigenvalue weighted by molar-refractivity contribution is 5.33. The summed E-state index contributed by atoms with van der Waals surface area (Å²) < 4.78 is 14.4. The van der Waals surface area contributed by atoms with Gasteiger partial charge in [0.15, 0.2) is 5.82 Å². The summed E-state index contributed by atoms with van der Waals surface area (Å²) in [5.41, 5.74) is 0.323. The lowest BCUT2D eigenvalue weighted by Gasteiger charge is -2.11. The van der Waals surface area contributed by atoms with Gasteiger partial charge in [0.2, 0.25) is 0 Å². The third kappa shape index (κ3) is 1.84. The standard InChI is InChI=1S/C12H13FN4O/c13-8-3-5-9(6-4-8)17-11(15-16-12(17)18)10-2-1-7-14-10/h3-6,10,14H,1-2,7H2,(H,16,18). The van der Waals surface area contributed by atoms with Gasteiger partial charge in [0.1, 0.15) is 5.82 Å². The number of nitrogens with one attached hydrogen (secondary N) is 2. The second-order valence-corrected chi connectivity index (χ2v) is 4.35. The molecule has 6 heteroatoms. The number of aromatic nitrogens is 3. The van der Waals surface area contributed by atoms with Gasteiger partial charge < -0.3 is 5.32 Å². The predicted molar refractivity (Wildman–Crippen MR) is 64.1 cm³/mol. The summed E-state index contributed by atoms with van der Waals surface area (Å²) in [6.07, 6.45) is 2.01. The quantitative estimate of drug-likeness (QED) is 0.837. The fourth-order valence-electron chi connectivity index (χ4n) is 2.29. The Morgan fingerprint density at radius 2 is 2.11 bits per heavy atom. The molecule has 5 nitrogen and oxygen atoms in total. The molecule has 0 aliphatic carbocycles. The molecule has 1 saturated heterocycles. The fraction of sp³-hybridized carbons (Fsp3) is 0.333. The number of hydrogen-bond donors (Lipinski definition) is 2. The largest absolute Gasteiger partial charge is 0.347 e. The molecule has 0 saturated carbocycles. The van der Waals surface area contributed by atoms with Crippen molar-refractivity contribution in [3.63, 3.8) is 0 Å². The molecule has 0 spiro atoms. The Balaban J connectivity index is 2.07. The average molecular weight is 248 g/mol. The van der Waals surface area contributed by atoms with Gasteiger partial charge in [-0.1, -0.05) is 0 Å². The molecule has 2 N–H and O–H groups in total. The predicted octanol–water partition coefficient (Wildman–Crippen LogP) is 1.12. The van der Waals surface area contributed by atoms with Gasteiger partial charge >= 0.3 is 5.69 Å². The van der Waals surface area contributed by atoms with Crippen LogP contribution in [0.25, 0.3) is 5.69 Å². The van der Waals surface area contributed by atoms with Crippen LogP contribution < -0.4 is 11.0 Å². The van der Waals surface area contributed by atoms with Crippen molar-refractivity contribution < 1.29 is 4.39 Å². The molecule has 0 radical (unpaired) electrons. The molecule has 1 fully saturated rings. The van der Waals surface area contributed by atoms with Crippen molar-refractivity contribution in [2.75, 3.05) is 6.54 Å². The molecule has 1 atom stereocenters. The molecule has 2 aromatic rings. The van der Waals surface area contributed by atoms with Crippen molar-refractivity contribution in [1.29, 1.82) is 0 Å². The first kappa shape index (κ1) is 11.2. The van der Waals surface area contributed by atoms with Gasteiger partial charge in [-0.2, -0.15) is 5.10 Å². The molecule has 94 valence electrons. The first-order chi connectivity index (χ1) is 8.75. The van der Waals surface area contributed by atoms with Gasteiger partial charge in [-0.05, 0) is 43.7 Å². The van der Waals surface area contributed by atoms with Crippen LogP contribution in [0.2, 0.25) is 0 Å². The van der Waals surface area contributed by atoms with E-state index >= 15 is 0 Å². The molecular weight excluding hydrogens is 235 g/mol. The Bertz CT molecular complexity index is 595. The summed E-state index contributed by atoms with van der Waals surface area (Å²) in [7, 11) is 0. The van der Waals surface area contributed by atoms with E-state index in [1.54, 1.807) is 12.1 Å². The number of rotatable bonds is 2. The molecule has 0 bridgehead atoms. The van der Waals surface area contributed by atoms with Crippen LogP contribution in [0.1, 0.15) is 24.7 Å². The van der Waals surface area contributed by atoms with Crippen LogP contribution in [0.3, 0.4) is 0 Å². The first-order valence-electron chi connectivity index (χ1n) is 5.92. The smallest absolute Gasteiger partial charge is 0.307 e. The molecule has 2 heterocycles. The topological polar surface area (TPSA) is 62.7 Å². The minimum atomic E-state index is -0.323. The van der Waals surface area contributed by atoms with E-state index in [-0.39, 0.29) is 17.5 Å². The summed E-state index contributed by atoms with van der Waals surface area (Å²) >= 11 is 0. The Kier molecular flexibility index (Phi) is 2.71. The van der Waals surface area contributed by atoms with Crippen molar-refractivity contribution >= 4 is 0 Å². The zero-order valence-electron chi connectivity index (χ0n) is 9.69. The highest BCUT2D eigenvalue weighted by Gasteiger charge is 2.23. The van der Waals surface area contributed by atoms with Crippen molar-refractivity contribution in [2.45, 2.75) is 18.9 Å². The van der Waals surface area contributed by atoms with Crippen LogP contribution in [0.15, 0.2) is 29.1 Å². The van der Waals surface area contributed by atoms with Gasteiger partial charge in [0.25, 0.3) is 0 Å². The summed E-state index contributed by atoms with van der Waals surface area (Å²) in [4.78, 5) is 11.8. The van der Waals surface area contributed by atoms with Crippen LogP contribution in [0.4, 0.5) is 4.39 Å². The monoisotopic (exact) mass is 248 g/mol. The van der Waals surface area contributed by atoms with Crippen molar-refractivity contribution in [1.82, 2.24) is 20.1 Å². The second-order valence-electron chi connectivity index (χ2n) is 4.35. The van der Waals surface area contributed by atoms with E-state index in [0.717, 1.165) is 19.4 Å². The van der Waals surface area contributed by atoms with Crippen LogP contribution in [-0.2, 0) is 0 Å². The lowest BCUT2D eigenvalue weighted by Crippen LogP contribution is -2.22. The highest BCUT2D eigenvalue weighted by atomic mass is 19.1. The molecule has 18 heavy (non-hydrogen) atoms. The SMILES string of the molecule is O=c1[nH]nc(C2CCCN2)n1-c1ccc(F)cc1. The highest BCUT2D eigenvalue weighted by Crippen LogP contribution is 2.22. The van der Waals surface area contributed by atoms with Gasteiger partial charge in [-0.3, -0.25) is 0 Å². The Hall–Kier alpha value is -1.95. The van der Waals surface area contributed by atoms with E-state index in [1.807, 2.05) is 0 Å². The maximum atomic E-state index is 12.9. The minimum absolute atomic E-state index is 0.0778. The van der Waals surface area contributed by atoms with E-state index in [0.29, 0.717) is 11.5 Å². The number of hydrogen-bond acceptors (Lipinski definition) is 3. The van der Waals surface area contributed by atoms with Crippen LogP contribution in [0, 0.1) is 5.82 Å². The van der Waals surface area contributed by atoms with E-state index in [1.165, 1.54) is 16.7 Å². The molecule has 1 aromatic heterocycles. The third-order valence-corrected chi connectivity index (χ3v) is 3.16. The second kappa shape index (κ2) is 4.38. The molecule has 1 aliphatic heterocycles. The zero-order chi connectivity index (χ0) is 12.5. The van der Waals surface area contributed by atoms with E-state index in [4.69, 9.17) is 0 Å². The maximum Gasteiger partial charge on any atom is 0.347 e. The lowest BCUT2D eigenvalue weighted by atomic mass is 10.2. The lowest BCUT2D eigenvalue weighted by molar-refractivity contribution is 0.590. The fourth-order valence-corrected chi connectivity index (χ4v) is 2.29. The maximum absolute atomic E-state index is 12.9. The van der Waals surface area contributed by atoms with Gasteiger partial charge in [-0.15, -0.1) is 0 Å². The summed E-state index contributed by atoms with van der Waals surface area (Å²) in [5.74, 6) is 0.333. The van der Waals surface area contributed by atoms with E-state index in [9.17, 15) is 9.18 Å². The van der Waals surface area contributed by atoms with Gasteiger partial charge in [0, 0.05) is 0 Å². The summed E-state index contributed by atoms with van der Waals surface area (Å²) in [6, 6.07) is 5.89. The Morgan fingerprint density at radius 3 is 2.78 bits per heavy atom. The molecule has 3 rings (SSSR count). The van der Waals surface area contributed by atoms with Crippen molar-refractivity contribution in [2.24, 2.45) is 0 Å². The number of aromatic amines is 1. The number of halogens is 1. The molecular formula is C12H13FN4O. The molecule has 0 amide bonds. The Labute approximate surface area is 103 Å². The molecule has 1 unspecified atom stereocenters. The molecule has 1 aromatic carbocycles. The summed E-state index contributed by atoms with van der Waals surface area (Å²) in [6.45, 7) is 0.926. The van der Waals surface area contributed by atoms with Crippen LogP contribution in [-0.4, -0.2) is 21.3 Å². The van der Waals surface area contributed by atoms with Crippen LogP contribution in [0.5, 0.6) is 0 Å². The number of benzene rings is 1. The average Bonchev–Trinajstić information content (AvgIpc) is 2.99. The van der Waals surface area contributed by atoms with Crippen molar-refractivity contribution in [3.8, 4) is 5.69 Å². The van der Waals surface area contributed by atoms with Gasteiger partial charge in [-0.25, -0.2) is 18.9 Å².